The van der Waals surface area contributed by atoms with Gasteiger partial charge in [-0.2, -0.15) is 0 Å². The van der Waals surface area contributed by atoms with Gasteiger partial charge in [0.2, 0.25) is 5.78 Å². The second-order valence-electron chi connectivity index (χ2n) is 10.8. The third-order valence-electron chi connectivity index (χ3n) is 9.41. The summed E-state index contributed by atoms with van der Waals surface area (Å²) in [5, 5.41) is 11.5. The molecule has 0 unspecified atom stereocenters. The Hall–Kier alpha value is -1.69. The highest BCUT2D eigenvalue weighted by Gasteiger charge is 2.66. The van der Waals surface area contributed by atoms with Crippen LogP contribution in [0.5, 0.6) is 0 Å². The normalized spacial score (nSPS) is 43.7. The minimum atomic E-state index is -1.42. The number of esters is 2. The van der Waals surface area contributed by atoms with Gasteiger partial charge in [0.25, 0.3) is 0 Å². The van der Waals surface area contributed by atoms with E-state index in [4.69, 9.17) is 9.47 Å². The van der Waals surface area contributed by atoms with Crippen LogP contribution >= 0.6 is 0 Å². The molecule has 4 aliphatic rings. The van der Waals surface area contributed by atoms with E-state index in [2.05, 4.69) is 19.9 Å². The Morgan fingerprint density at radius 2 is 1.74 bits per heavy atom. The van der Waals surface area contributed by atoms with Gasteiger partial charge in [0.1, 0.15) is 11.7 Å². The molecule has 0 radical (unpaired) electrons. The van der Waals surface area contributed by atoms with Crippen molar-refractivity contribution < 1.29 is 29.0 Å². The highest BCUT2D eigenvalue weighted by atomic mass is 16.5. The Morgan fingerprint density at radius 3 is 2.42 bits per heavy atom. The Balaban J connectivity index is 1.56. The average molecular weight is 433 g/mol. The van der Waals surface area contributed by atoms with Crippen LogP contribution < -0.4 is 0 Å². The first-order valence-corrected chi connectivity index (χ1v) is 11.8. The van der Waals surface area contributed by atoms with E-state index in [1.54, 1.807) is 0 Å². The van der Waals surface area contributed by atoms with Crippen molar-refractivity contribution >= 4 is 17.7 Å². The fourth-order valence-corrected chi connectivity index (χ4v) is 7.72. The molecule has 0 heterocycles. The molecular formula is C25H36O6. The number of carbonyl (C=O) groups excluding carboxylic acids is 3. The maximum atomic E-state index is 12.9. The summed E-state index contributed by atoms with van der Waals surface area (Å²) in [7, 11) is 0. The van der Waals surface area contributed by atoms with Gasteiger partial charge in [-0.15, -0.1) is 0 Å². The number of rotatable bonds is 4. The molecule has 0 aromatic carbocycles. The van der Waals surface area contributed by atoms with Crippen LogP contribution in [0.2, 0.25) is 0 Å². The van der Waals surface area contributed by atoms with Gasteiger partial charge >= 0.3 is 11.9 Å². The van der Waals surface area contributed by atoms with Crippen LogP contribution in [-0.4, -0.2) is 41.1 Å². The predicted octanol–water partition coefficient (Wildman–Crippen LogP) is 3.74. The lowest BCUT2D eigenvalue weighted by Crippen LogP contribution is -2.58. The van der Waals surface area contributed by atoms with Crippen LogP contribution in [-0.2, 0) is 23.9 Å². The Labute approximate surface area is 184 Å². The number of hydrogen-bond acceptors (Lipinski definition) is 6. The summed E-state index contributed by atoms with van der Waals surface area (Å²) in [6.45, 7) is 6.86. The summed E-state index contributed by atoms with van der Waals surface area (Å²) in [6, 6.07) is 0. The summed E-state index contributed by atoms with van der Waals surface area (Å²) in [4.78, 5) is 35.5. The van der Waals surface area contributed by atoms with Crippen molar-refractivity contribution in [2.24, 2.45) is 28.6 Å². The second kappa shape index (κ2) is 7.72. The fourth-order valence-electron chi connectivity index (χ4n) is 7.72. The molecule has 4 aliphatic carbocycles. The summed E-state index contributed by atoms with van der Waals surface area (Å²) < 4.78 is 10.5. The van der Waals surface area contributed by atoms with Crippen molar-refractivity contribution in [2.75, 3.05) is 6.61 Å². The van der Waals surface area contributed by atoms with E-state index in [1.165, 1.54) is 19.4 Å². The SMILES string of the molecule is CC(=O)OCC(=O)[C@]1(O)CC[C@H]2[C@@H]3CC=C4C[C@H](OC(C)=O)CC[C@]4(C)[C@H]3CC[C@@]21C. The molecule has 3 fully saturated rings. The van der Waals surface area contributed by atoms with E-state index < -0.39 is 17.0 Å². The number of carbonyl (C=O) groups is 3. The minimum absolute atomic E-state index is 0.0160. The predicted molar refractivity (Wildman–Crippen MR) is 114 cm³/mol. The zero-order valence-electron chi connectivity index (χ0n) is 19.2. The molecule has 0 aromatic rings. The number of ether oxygens (including phenoxy) is 2. The van der Waals surface area contributed by atoms with E-state index in [0.717, 1.165) is 44.9 Å². The molecule has 172 valence electrons. The number of fused-ring (bicyclic) bond motifs is 5. The van der Waals surface area contributed by atoms with Crippen molar-refractivity contribution in [1.29, 1.82) is 0 Å². The number of Topliss-reactive ketones (excluding diaryl/α,β-unsaturated/α-hetero) is 1. The first-order valence-electron chi connectivity index (χ1n) is 11.8. The molecule has 6 nitrogen and oxygen atoms in total. The van der Waals surface area contributed by atoms with Gasteiger partial charge in [-0.25, -0.2) is 0 Å². The number of aliphatic hydroxyl groups is 1. The quantitative estimate of drug-likeness (QED) is 0.538. The van der Waals surface area contributed by atoms with Crippen LogP contribution in [0.25, 0.3) is 0 Å². The van der Waals surface area contributed by atoms with Gasteiger partial charge in [-0.05, 0) is 68.1 Å². The van der Waals surface area contributed by atoms with Crippen molar-refractivity contribution in [2.45, 2.75) is 90.8 Å². The van der Waals surface area contributed by atoms with Gasteiger partial charge in [0, 0.05) is 25.7 Å². The molecule has 0 spiro atoms. The van der Waals surface area contributed by atoms with Gasteiger partial charge in [-0.3, -0.25) is 14.4 Å². The van der Waals surface area contributed by atoms with E-state index in [1.807, 2.05) is 0 Å². The Bertz CT molecular complexity index is 817. The largest absolute Gasteiger partial charge is 0.462 e. The zero-order valence-corrected chi connectivity index (χ0v) is 19.2. The monoisotopic (exact) mass is 432 g/mol. The average Bonchev–Trinajstić information content (AvgIpc) is 2.98. The standard InChI is InChI=1S/C25H36O6/c1-15(26)30-14-22(28)25(29)12-9-21-19-6-5-17-13-18(31-16(2)27)7-10-23(17,3)20(19)8-11-24(21,25)4/h5,18-21,29H,6-14H2,1-4H3/t18-,19-,20+,21+,23+,24+,25-/m1/s1. The summed E-state index contributed by atoms with van der Waals surface area (Å²) in [5.41, 5.74) is -0.379. The molecule has 4 rings (SSSR count). The summed E-state index contributed by atoms with van der Waals surface area (Å²) in [5.74, 6) is 0.176. The molecule has 3 saturated carbocycles. The summed E-state index contributed by atoms with van der Waals surface area (Å²) >= 11 is 0. The minimum Gasteiger partial charge on any atom is -0.462 e. The van der Waals surface area contributed by atoms with Crippen molar-refractivity contribution in [1.82, 2.24) is 0 Å². The molecule has 1 N–H and O–H groups in total. The van der Waals surface area contributed by atoms with Gasteiger partial charge in [0.05, 0.1) is 0 Å². The molecule has 0 bridgehead atoms. The smallest absolute Gasteiger partial charge is 0.303 e. The fraction of sp³-hybridized carbons (Fsp3) is 0.800. The topological polar surface area (TPSA) is 89.9 Å². The molecule has 6 heteroatoms. The zero-order chi connectivity index (χ0) is 22.6. The van der Waals surface area contributed by atoms with Crippen LogP contribution in [0, 0.1) is 28.6 Å². The lowest BCUT2D eigenvalue weighted by atomic mass is 9.46. The van der Waals surface area contributed by atoms with E-state index >= 15 is 0 Å². The van der Waals surface area contributed by atoms with E-state index in [9.17, 15) is 19.5 Å². The Morgan fingerprint density at radius 1 is 1.03 bits per heavy atom. The van der Waals surface area contributed by atoms with Gasteiger partial charge in [-0.1, -0.05) is 25.5 Å². The van der Waals surface area contributed by atoms with Crippen LogP contribution in [0.3, 0.4) is 0 Å². The molecule has 0 saturated heterocycles. The van der Waals surface area contributed by atoms with Crippen molar-refractivity contribution in [3.63, 3.8) is 0 Å². The highest BCUT2D eigenvalue weighted by molar-refractivity contribution is 5.90. The maximum Gasteiger partial charge on any atom is 0.303 e. The van der Waals surface area contributed by atoms with Crippen LogP contribution in [0.4, 0.5) is 0 Å². The molecule has 7 atom stereocenters. The lowest BCUT2D eigenvalue weighted by molar-refractivity contribution is -0.169. The summed E-state index contributed by atoms with van der Waals surface area (Å²) in [6.07, 6.45) is 9.08. The number of hydrogen-bond donors (Lipinski definition) is 1. The van der Waals surface area contributed by atoms with Gasteiger partial charge in [0.15, 0.2) is 6.61 Å². The van der Waals surface area contributed by atoms with E-state index in [-0.39, 0.29) is 35.8 Å². The number of ketones is 1. The molecule has 0 amide bonds. The van der Waals surface area contributed by atoms with E-state index in [0.29, 0.717) is 18.3 Å². The third-order valence-corrected chi connectivity index (χ3v) is 9.41. The van der Waals surface area contributed by atoms with Crippen molar-refractivity contribution in [3.05, 3.63) is 11.6 Å². The maximum absolute atomic E-state index is 12.9. The molecule has 31 heavy (non-hydrogen) atoms. The third kappa shape index (κ3) is 3.46. The highest BCUT2D eigenvalue weighted by Crippen LogP contribution is 2.67. The number of allylic oxidation sites excluding steroid dienone is 1. The van der Waals surface area contributed by atoms with Crippen molar-refractivity contribution in [3.8, 4) is 0 Å². The molecule has 0 aromatic heterocycles. The van der Waals surface area contributed by atoms with Crippen LogP contribution in [0.15, 0.2) is 11.6 Å². The molecule has 0 aliphatic heterocycles. The Kier molecular flexibility index (Phi) is 5.60. The first kappa shape index (κ1) is 22.5. The van der Waals surface area contributed by atoms with Crippen LogP contribution in [0.1, 0.15) is 79.1 Å². The second-order valence-corrected chi connectivity index (χ2v) is 10.8. The first-order chi connectivity index (χ1) is 14.5. The molecular weight excluding hydrogens is 396 g/mol. The lowest BCUT2D eigenvalue weighted by Gasteiger charge is -2.58. The van der Waals surface area contributed by atoms with Gasteiger partial charge < -0.3 is 14.6 Å².